The molecule has 1 aliphatic rings. The van der Waals surface area contributed by atoms with Crippen LogP contribution in [0, 0.1) is 0 Å². The average Bonchev–Trinajstić information content (AvgIpc) is 2.84. The molecule has 11 heavy (non-hydrogen) atoms. The predicted molar refractivity (Wildman–Crippen MR) is 54.5 cm³/mol. The molecule has 1 unspecified atom stereocenters. The van der Waals surface area contributed by atoms with E-state index in [4.69, 9.17) is 4.74 Å². The number of rotatable bonds is 5. The Balaban J connectivity index is 2.39. The van der Waals surface area contributed by atoms with Crippen LogP contribution in [-0.2, 0) is 4.74 Å². The van der Waals surface area contributed by atoms with Gasteiger partial charge >= 0.3 is 70.1 Å². The molecule has 1 aliphatic heterocycles. The summed E-state index contributed by atoms with van der Waals surface area (Å²) in [5.74, 6) is 0. The summed E-state index contributed by atoms with van der Waals surface area (Å²) in [5, 5.41) is 0. The van der Waals surface area contributed by atoms with Gasteiger partial charge in [0.1, 0.15) is 0 Å². The van der Waals surface area contributed by atoms with Crippen LogP contribution in [0.3, 0.4) is 0 Å². The molecule has 0 aromatic carbocycles. The van der Waals surface area contributed by atoms with E-state index in [0.29, 0.717) is 6.10 Å². The van der Waals surface area contributed by atoms with Crippen LogP contribution in [0.2, 0.25) is 0 Å². The first-order valence-electron chi connectivity index (χ1n) is 4.88. The molecule has 0 aromatic rings. The van der Waals surface area contributed by atoms with Gasteiger partial charge in [0.25, 0.3) is 0 Å². The van der Waals surface area contributed by atoms with Gasteiger partial charge in [-0.3, -0.25) is 0 Å². The second kappa shape index (κ2) is 3.87. The molecule has 0 bridgehead atoms. The first-order valence-corrected chi connectivity index (χ1v) is 7.70. The van der Waals surface area contributed by atoms with Crippen LogP contribution >= 0.6 is 7.26 Å². The second-order valence-corrected chi connectivity index (χ2v) is 9.25. The van der Waals surface area contributed by atoms with E-state index in [1.165, 1.54) is 24.6 Å². The van der Waals surface area contributed by atoms with Gasteiger partial charge in [0.05, 0.1) is 0 Å². The molecule has 1 nitrogen and oxygen atoms in total. The molecular formula is C9H21OP. The molecule has 0 aromatic heterocycles. The van der Waals surface area contributed by atoms with Crippen LogP contribution in [0.25, 0.3) is 0 Å². The van der Waals surface area contributed by atoms with Crippen molar-refractivity contribution in [1.82, 2.24) is 0 Å². The Morgan fingerprint density at radius 3 is 1.91 bits per heavy atom. The van der Waals surface area contributed by atoms with Gasteiger partial charge in [-0.2, -0.15) is 0 Å². The van der Waals surface area contributed by atoms with Gasteiger partial charge in [0, 0.05) is 0 Å². The standard InChI is InChI=1S/C9H21OP/c1-4-11(5-2,6-3)8-9-7-10-9/h9,11H,4-8H2,1-3H3. The molecule has 1 heterocycles. The summed E-state index contributed by atoms with van der Waals surface area (Å²) in [6, 6.07) is 0. The Kier molecular flexibility index (Phi) is 3.33. The third-order valence-corrected chi connectivity index (χ3v) is 9.13. The first-order chi connectivity index (χ1) is 5.26. The van der Waals surface area contributed by atoms with Crippen molar-refractivity contribution in [2.45, 2.75) is 26.9 Å². The fraction of sp³-hybridized carbons (Fsp3) is 1.00. The van der Waals surface area contributed by atoms with Crippen molar-refractivity contribution in [1.29, 1.82) is 0 Å². The van der Waals surface area contributed by atoms with E-state index in [1.807, 2.05) is 0 Å². The van der Waals surface area contributed by atoms with E-state index < -0.39 is 7.26 Å². The van der Waals surface area contributed by atoms with Gasteiger partial charge in [-0.05, 0) is 0 Å². The average molecular weight is 176 g/mol. The first kappa shape index (κ1) is 9.48. The van der Waals surface area contributed by atoms with Crippen LogP contribution in [-0.4, -0.2) is 37.4 Å². The minimum absolute atomic E-state index is 0.668. The van der Waals surface area contributed by atoms with E-state index in [1.54, 1.807) is 0 Å². The summed E-state index contributed by atoms with van der Waals surface area (Å²) in [6.45, 7) is 8.14. The van der Waals surface area contributed by atoms with E-state index in [9.17, 15) is 0 Å². The Bertz CT molecular complexity index is 108. The van der Waals surface area contributed by atoms with Crippen molar-refractivity contribution >= 4 is 7.26 Å². The Morgan fingerprint density at radius 1 is 1.18 bits per heavy atom. The number of hydrogen-bond acceptors (Lipinski definition) is 1. The quantitative estimate of drug-likeness (QED) is 0.462. The van der Waals surface area contributed by atoms with Gasteiger partial charge in [-0.15, -0.1) is 0 Å². The van der Waals surface area contributed by atoms with Gasteiger partial charge in [-0.25, -0.2) is 0 Å². The van der Waals surface area contributed by atoms with Gasteiger partial charge in [0.2, 0.25) is 0 Å². The molecule has 68 valence electrons. The summed E-state index contributed by atoms with van der Waals surface area (Å²) in [4.78, 5) is 0. The fourth-order valence-electron chi connectivity index (χ4n) is 1.85. The molecule has 1 saturated heterocycles. The zero-order valence-corrected chi connectivity index (χ0v) is 9.02. The van der Waals surface area contributed by atoms with E-state index in [0.717, 1.165) is 6.61 Å². The maximum atomic E-state index is 5.30. The SMILES string of the molecule is CC[PH](CC)(CC)CC1CO1. The van der Waals surface area contributed by atoms with Crippen molar-refractivity contribution in [3.8, 4) is 0 Å². The second-order valence-electron chi connectivity index (χ2n) is 3.72. The van der Waals surface area contributed by atoms with Gasteiger partial charge in [0.15, 0.2) is 0 Å². The maximum absolute atomic E-state index is 5.30. The Hall–Kier alpha value is 0.390. The predicted octanol–water partition coefficient (Wildman–Crippen LogP) is 2.19. The summed E-state index contributed by atoms with van der Waals surface area (Å²) >= 11 is 0. The van der Waals surface area contributed by atoms with Crippen LogP contribution in [0.5, 0.6) is 0 Å². The summed E-state index contributed by atoms with van der Waals surface area (Å²) in [6.07, 6.45) is 6.43. The fourth-order valence-corrected chi connectivity index (χ4v) is 5.42. The molecule has 1 fully saturated rings. The molecule has 0 aliphatic carbocycles. The van der Waals surface area contributed by atoms with Crippen LogP contribution in [0.4, 0.5) is 0 Å². The third kappa shape index (κ3) is 2.42. The van der Waals surface area contributed by atoms with Crippen molar-refractivity contribution in [2.75, 3.05) is 31.3 Å². The van der Waals surface area contributed by atoms with Crippen LogP contribution in [0.1, 0.15) is 20.8 Å². The molecule has 1 atom stereocenters. The van der Waals surface area contributed by atoms with Crippen molar-refractivity contribution in [2.24, 2.45) is 0 Å². The van der Waals surface area contributed by atoms with E-state index in [-0.39, 0.29) is 0 Å². The van der Waals surface area contributed by atoms with E-state index in [2.05, 4.69) is 20.8 Å². The van der Waals surface area contributed by atoms with E-state index >= 15 is 0 Å². The molecule has 0 amide bonds. The minimum atomic E-state index is -0.843. The molecule has 2 heteroatoms. The molecule has 0 saturated carbocycles. The van der Waals surface area contributed by atoms with Gasteiger partial charge in [-0.1, -0.05) is 0 Å². The Labute approximate surface area is 70.9 Å². The summed E-state index contributed by atoms with van der Waals surface area (Å²) < 4.78 is 5.30. The molecule has 1 rings (SSSR count). The molecule has 0 N–H and O–H groups in total. The Morgan fingerprint density at radius 2 is 1.64 bits per heavy atom. The molecular weight excluding hydrogens is 155 g/mol. The van der Waals surface area contributed by atoms with Gasteiger partial charge < -0.3 is 0 Å². The summed E-state index contributed by atoms with van der Waals surface area (Å²) in [7, 11) is -0.843. The van der Waals surface area contributed by atoms with Crippen molar-refractivity contribution < 1.29 is 4.74 Å². The topological polar surface area (TPSA) is 12.5 Å². The van der Waals surface area contributed by atoms with Crippen molar-refractivity contribution in [3.05, 3.63) is 0 Å². The normalized spacial score (nSPS) is 25.2. The zero-order valence-electron chi connectivity index (χ0n) is 8.02. The molecule has 0 spiro atoms. The van der Waals surface area contributed by atoms with Crippen molar-refractivity contribution in [3.63, 3.8) is 0 Å². The zero-order chi connectivity index (χ0) is 8.32. The number of ether oxygens (including phenoxy) is 1. The van der Waals surface area contributed by atoms with Crippen LogP contribution < -0.4 is 0 Å². The summed E-state index contributed by atoms with van der Waals surface area (Å²) in [5.41, 5.74) is 0. The monoisotopic (exact) mass is 176 g/mol. The number of hydrogen-bond donors (Lipinski definition) is 0. The molecule has 0 radical (unpaired) electrons. The third-order valence-electron chi connectivity index (χ3n) is 3.31. The number of epoxide rings is 1. The van der Waals surface area contributed by atoms with Crippen LogP contribution in [0.15, 0.2) is 0 Å².